The molecule has 0 heterocycles. The number of allylic oxidation sites excluding steroid dienone is 1. The second-order valence-corrected chi connectivity index (χ2v) is 3.14. The Morgan fingerprint density at radius 3 is 1.69 bits per heavy atom. The number of hydrogen-bond donors (Lipinski definition) is 0. The van der Waals surface area contributed by atoms with Gasteiger partial charge in [-0.1, -0.05) is 25.8 Å². The zero-order valence-corrected chi connectivity index (χ0v) is 9.65. The molecule has 78 valence electrons. The van der Waals surface area contributed by atoms with E-state index >= 15 is 0 Å². The highest BCUT2D eigenvalue weighted by Crippen LogP contribution is 1.88. The minimum atomic E-state index is -0.406. The van der Waals surface area contributed by atoms with Crippen LogP contribution < -0.4 is 0 Å². The Kier molecular flexibility index (Phi) is 24.2. The molecule has 0 saturated carbocycles. The van der Waals surface area contributed by atoms with E-state index in [1.807, 2.05) is 13.8 Å². The molecule has 0 aliphatic rings. The van der Waals surface area contributed by atoms with Crippen molar-refractivity contribution in [3.8, 4) is 12.3 Å². The van der Waals surface area contributed by atoms with E-state index in [4.69, 9.17) is 6.42 Å². The maximum atomic E-state index is 11.2. The Balaban J connectivity index is -0.000000125. The molecule has 1 atom stereocenters. The summed E-state index contributed by atoms with van der Waals surface area (Å²) in [5.41, 5.74) is 1.17. The second-order valence-electron chi connectivity index (χ2n) is 3.14. The van der Waals surface area contributed by atoms with Crippen molar-refractivity contribution in [2.75, 3.05) is 6.67 Å². The van der Waals surface area contributed by atoms with Crippen LogP contribution in [-0.4, -0.2) is 6.67 Å². The van der Waals surface area contributed by atoms with Gasteiger partial charge in [0.25, 0.3) is 0 Å². The first-order chi connectivity index (χ1) is 5.95. The summed E-state index contributed by atoms with van der Waals surface area (Å²) in [6.07, 6.45) is 6.04. The van der Waals surface area contributed by atoms with E-state index in [9.17, 15) is 4.39 Å². The molecule has 0 N–H and O–H groups in total. The van der Waals surface area contributed by atoms with Crippen LogP contribution >= 0.6 is 0 Å². The molecule has 0 aliphatic carbocycles. The van der Waals surface area contributed by atoms with E-state index in [1.54, 1.807) is 6.92 Å². The van der Waals surface area contributed by atoms with Gasteiger partial charge in [0.2, 0.25) is 0 Å². The predicted molar refractivity (Wildman–Crippen MR) is 60.4 cm³/mol. The molecular weight excluding hydrogens is 163 g/mol. The van der Waals surface area contributed by atoms with Gasteiger partial charge in [-0.2, -0.15) is 0 Å². The van der Waals surface area contributed by atoms with E-state index in [2.05, 4.69) is 26.3 Å². The van der Waals surface area contributed by atoms with Crippen LogP contribution in [0, 0.1) is 18.3 Å². The molecule has 0 aromatic carbocycles. The minimum Gasteiger partial charge on any atom is -0.250 e. The molecule has 0 aromatic heterocycles. The summed E-state index contributed by atoms with van der Waals surface area (Å²) in [7, 11) is 0. The van der Waals surface area contributed by atoms with Gasteiger partial charge in [0.15, 0.2) is 0 Å². The largest absolute Gasteiger partial charge is 0.250 e. The molecular formula is C12H23F. The maximum Gasteiger partial charge on any atom is 0.103 e. The van der Waals surface area contributed by atoms with Crippen molar-refractivity contribution in [1.29, 1.82) is 0 Å². The van der Waals surface area contributed by atoms with Crippen LogP contribution in [0.2, 0.25) is 0 Å². The van der Waals surface area contributed by atoms with Crippen molar-refractivity contribution in [3.05, 3.63) is 12.2 Å². The van der Waals surface area contributed by atoms with Crippen LogP contribution in [0.4, 0.5) is 4.39 Å². The van der Waals surface area contributed by atoms with Crippen LogP contribution in [0.5, 0.6) is 0 Å². The molecule has 0 amide bonds. The molecule has 0 aromatic rings. The standard InChI is InChI=1S/C5H7F.C4H8.C3H8/c1-3-5(2)4-6;1-4(2)3;1-3-2/h1,5H,4H2,2H3;1H2,2-3H3;3H2,1-2H3. The zero-order chi connectivity index (χ0) is 11.3. The van der Waals surface area contributed by atoms with Crippen LogP contribution in [-0.2, 0) is 0 Å². The quantitative estimate of drug-likeness (QED) is 0.425. The highest BCUT2D eigenvalue weighted by Gasteiger charge is 1.88. The summed E-state index contributed by atoms with van der Waals surface area (Å²) in [4.78, 5) is 0. The Labute approximate surface area is 83.2 Å². The Morgan fingerprint density at radius 2 is 1.69 bits per heavy atom. The third kappa shape index (κ3) is 91.7. The number of alkyl halides is 1. The lowest BCUT2D eigenvalue weighted by molar-refractivity contribution is 0.438. The normalized spacial score (nSPS) is 9.31. The van der Waals surface area contributed by atoms with Crippen LogP contribution in [0.1, 0.15) is 41.0 Å². The fourth-order valence-corrected chi connectivity index (χ4v) is 0.0445. The number of terminal acetylenes is 1. The number of halogens is 1. The third-order valence-corrected chi connectivity index (χ3v) is 0.516. The van der Waals surface area contributed by atoms with Crippen LogP contribution in [0.25, 0.3) is 0 Å². The summed E-state index contributed by atoms with van der Waals surface area (Å²) >= 11 is 0. The molecule has 13 heavy (non-hydrogen) atoms. The van der Waals surface area contributed by atoms with Crippen molar-refractivity contribution < 1.29 is 4.39 Å². The van der Waals surface area contributed by atoms with E-state index in [0.29, 0.717) is 0 Å². The minimum absolute atomic E-state index is 0.204. The van der Waals surface area contributed by atoms with Crippen LogP contribution in [0.3, 0.4) is 0 Å². The number of hydrogen-bond acceptors (Lipinski definition) is 0. The van der Waals surface area contributed by atoms with E-state index < -0.39 is 6.67 Å². The molecule has 0 spiro atoms. The van der Waals surface area contributed by atoms with Gasteiger partial charge in [-0.3, -0.25) is 0 Å². The molecule has 0 fully saturated rings. The van der Waals surface area contributed by atoms with Crippen LogP contribution in [0.15, 0.2) is 12.2 Å². The first-order valence-corrected chi connectivity index (χ1v) is 4.60. The molecule has 0 radical (unpaired) electrons. The number of rotatable bonds is 1. The predicted octanol–water partition coefficient (Wildman–Crippen LogP) is 4.22. The summed E-state index contributed by atoms with van der Waals surface area (Å²) in [6, 6.07) is 0. The van der Waals surface area contributed by atoms with E-state index in [-0.39, 0.29) is 5.92 Å². The first-order valence-electron chi connectivity index (χ1n) is 4.60. The first kappa shape index (κ1) is 18.1. The lowest BCUT2D eigenvalue weighted by Crippen LogP contribution is -1.88. The highest BCUT2D eigenvalue weighted by atomic mass is 19.1. The van der Waals surface area contributed by atoms with Gasteiger partial charge in [-0.15, -0.1) is 18.9 Å². The third-order valence-electron chi connectivity index (χ3n) is 0.516. The van der Waals surface area contributed by atoms with Gasteiger partial charge in [-0.05, 0) is 20.8 Å². The average Bonchev–Trinajstić information content (AvgIpc) is 2.03. The van der Waals surface area contributed by atoms with Crippen molar-refractivity contribution in [1.82, 2.24) is 0 Å². The topological polar surface area (TPSA) is 0 Å². The van der Waals surface area contributed by atoms with Crippen molar-refractivity contribution in [2.45, 2.75) is 41.0 Å². The second kappa shape index (κ2) is 17.4. The summed E-state index contributed by atoms with van der Waals surface area (Å²) in [6.45, 7) is 13.0. The fraction of sp³-hybridized carbons (Fsp3) is 0.667. The Hall–Kier alpha value is -0.770. The van der Waals surface area contributed by atoms with Gasteiger partial charge in [0, 0.05) is 5.92 Å². The van der Waals surface area contributed by atoms with Gasteiger partial charge < -0.3 is 0 Å². The maximum absolute atomic E-state index is 11.2. The monoisotopic (exact) mass is 186 g/mol. The summed E-state index contributed by atoms with van der Waals surface area (Å²) in [5.74, 6) is 2.04. The van der Waals surface area contributed by atoms with E-state index in [0.717, 1.165) is 0 Å². The lowest BCUT2D eigenvalue weighted by Gasteiger charge is -1.87. The summed E-state index contributed by atoms with van der Waals surface area (Å²) in [5, 5.41) is 0. The van der Waals surface area contributed by atoms with Gasteiger partial charge in [0.1, 0.15) is 6.67 Å². The average molecular weight is 186 g/mol. The summed E-state index contributed by atoms with van der Waals surface area (Å²) < 4.78 is 11.2. The lowest BCUT2D eigenvalue weighted by atomic mass is 10.2. The SMILES string of the molecule is C#CC(C)CF.C=C(C)C.CCC. The molecule has 1 heteroatoms. The molecule has 1 unspecified atom stereocenters. The van der Waals surface area contributed by atoms with Crippen molar-refractivity contribution in [2.24, 2.45) is 5.92 Å². The Bertz CT molecular complexity index is 127. The van der Waals surface area contributed by atoms with Gasteiger partial charge >= 0.3 is 0 Å². The molecule has 0 bridgehead atoms. The fourth-order valence-electron chi connectivity index (χ4n) is 0.0445. The highest BCUT2D eigenvalue weighted by molar-refractivity contribution is 4.89. The molecule has 0 saturated heterocycles. The smallest absolute Gasteiger partial charge is 0.103 e. The Morgan fingerprint density at radius 1 is 1.46 bits per heavy atom. The van der Waals surface area contributed by atoms with Gasteiger partial charge in [0.05, 0.1) is 0 Å². The molecule has 0 rings (SSSR count). The molecule has 0 aliphatic heterocycles. The molecule has 0 nitrogen and oxygen atoms in total. The van der Waals surface area contributed by atoms with Crippen molar-refractivity contribution in [3.63, 3.8) is 0 Å². The van der Waals surface area contributed by atoms with Crippen molar-refractivity contribution >= 4 is 0 Å². The van der Waals surface area contributed by atoms with Gasteiger partial charge in [-0.25, -0.2) is 4.39 Å². The van der Waals surface area contributed by atoms with E-state index in [1.165, 1.54) is 12.0 Å². The zero-order valence-electron chi connectivity index (χ0n) is 9.65.